The summed E-state index contributed by atoms with van der Waals surface area (Å²) in [4.78, 5) is 47.9. The summed E-state index contributed by atoms with van der Waals surface area (Å²) in [7, 11) is 0. The van der Waals surface area contributed by atoms with Gasteiger partial charge in [0.25, 0.3) is 5.91 Å². The van der Waals surface area contributed by atoms with Crippen LogP contribution in [0.3, 0.4) is 0 Å². The van der Waals surface area contributed by atoms with Crippen LogP contribution in [0.1, 0.15) is 50.2 Å². The molecule has 37 heavy (non-hydrogen) atoms. The number of ketones is 1. The molecule has 0 bridgehead atoms. The average molecular weight is 506 g/mol. The number of H-pyrrole nitrogens is 1. The predicted molar refractivity (Wildman–Crippen MR) is 142 cm³/mol. The van der Waals surface area contributed by atoms with E-state index in [4.69, 9.17) is 0 Å². The van der Waals surface area contributed by atoms with Gasteiger partial charge in [0.2, 0.25) is 5.91 Å². The summed E-state index contributed by atoms with van der Waals surface area (Å²) in [6, 6.07) is 12.8. The first-order chi connectivity index (χ1) is 17.6. The van der Waals surface area contributed by atoms with Gasteiger partial charge in [-0.1, -0.05) is 18.2 Å². The van der Waals surface area contributed by atoms with E-state index in [0.29, 0.717) is 47.7 Å². The fourth-order valence-electron chi connectivity index (χ4n) is 4.55. The molecule has 2 aromatic heterocycles. The van der Waals surface area contributed by atoms with Crippen LogP contribution in [0.4, 0.5) is 21.6 Å². The largest absolute Gasteiger partial charge is 0.356 e. The molecule has 4 rings (SSSR count). The van der Waals surface area contributed by atoms with Gasteiger partial charge >= 0.3 is 0 Å². The number of aromatic amines is 1. The third-order valence-corrected chi connectivity index (χ3v) is 6.54. The number of amides is 2. The normalized spacial score (nSPS) is 15.2. The Morgan fingerprint density at radius 2 is 1.84 bits per heavy atom. The Kier molecular flexibility index (Phi) is 7.42. The smallest absolute Gasteiger partial charge is 0.262 e. The summed E-state index contributed by atoms with van der Waals surface area (Å²) in [5.74, 6) is -1.20. The third kappa shape index (κ3) is 5.55. The van der Waals surface area contributed by atoms with E-state index in [0.717, 1.165) is 5.69 Å². The number of carbonyl (C=O) groups is 3. The van der Waals surface area contributed by atoms with Gasteiger partial charge in [-0.15, -0.1) is 0 Å². The van der Waals surface area contributed by atoms with E-state index in [2.05, 4.69) is 20.6 Å². The number of Topliss-reactive ketones (excluding diaryl/α,β-unsaturated/α-hetero) is 1. The first-order valence-electron chi connectivity index (χ1n) is 12.5. The summed E-state index contributed by atoms with van der Waals surface area (Å²) < 4.78 is 14.1. The zero-order chi connectivity index (χ0) is 26.7. The highest BCUT2D eigenvalue weighted by molar-refractivity contribution is 6.09. The fourth-order valence-corrected chi connectivity index (χ4v) is 4.55. The highest BCUT2D eigenvalue weighted by Crippen LogP contribution is 2.40. The van der Waals surface area contributed by atoms with Gasteiger partial charge in [-0.05, 0) is 52.0 Å². The number of aromatic nitrogens is 2. The molecule has 0 spiro atoms. The summed E-state index contributed by atoms with van der Waals surface area (Å²) in [5.41, 5.74) is 1.79. The van der Waals surface area contributed by atoms with Crippen molar-refractivity contribution in [2.45, 2.75) is 46.2 Å². The Hall–Kier alpha value is -4.01. The monoisotopic (exact) mass is 505 g/mol. The molecule has 2 heterocycles. The number of hydrogen-bond acceptors (Lipinski definition) is 5. The highest BCUT2D eigenvalue weighted by Gasteiger charge is 2.36. The number of anilines is 3. The van der Waals surface area contributed by atoms with Crippen molar-refractivity contribution < 1.29 is 18.8 Å². The average Bonchev–Trinajstić information content (AvgIpc) is 3.23. The van der Waals surface area contributed by atoms with E-state index < -0.39 is 17.5 Å². The number of alkyl halides is 1. The number of nitrogens with zero attached hydrogens (tertiary/aromatic N) is 2. The second kappa shape index (κ2) is 10.5. The molecule has 194 valence electrons. The van der Waals surface area contributed by atoms with Crippen molar-refractivity contribution in [3.8, 4) is 11.3 Å². The Bertz CT molecular complexity index is 1310. The van der Waals surface area contributed by atoms with Crippen LogP contribution < -0.4 is 10.6 Å². The number of hydrogen-bond donors (Lipinski definition) is 3. The Balaban J connectivity index is 1.76. The first kappa shape index (κ1) is 26.1. The second-order valence-corrected chi connectivity index (χ2v) is 9.61. The lowest BCUT2D eigenvalue weighted by molar-refractivity contribution is -0.135. The SMILES string of the molecule is CCN(CC)C(=O)C1CC(=O)c2c([nH]c(-c3ccnc(NC(=O)C(C)(C)F)c3)c2Nc2ccccc2)C1. The van der Waals surface area contributed by atoms with Crippen molar-refractivity contribution in [3.63, 3.8) is 0 Å². The number of pyridine rings is 1. The molecule has 1 aliphatic rings. The number of fused-ring (bicyclic) bond motifs is 1. The topological polar surface area (TPSA) is 107 Å². The molecule has 3 aromatic rings. The predicted octanol–water partition coefficient (Wildman–Crippen LogP) is 5.12. The third-order valence-electron chi connectivity index (χ3n) is 6.54. The Labute approximate surface area is 215 Å². The molecule has 0 aliphatic heterocycles. The molecule has 1 atom stereocenters. The zero-order valence-electron chi connectivity index (χ0n) is 21.5. The molecule has 2 amide bonds. The molecular formula is C28H32FN5O3. The van der Waals surface area contributed by atoms with Gasteiger partial charge in [0.15, 0.2) is 11.5 Å². The minimum absolute atomic E-state index is 0.0273. The van der Waals surface area contributed by atoms with Crippen LogP contribution in [-0.4, -0.2) is 51.2 Å². The standard InChI is InChI=1S/C28H32FN5O3/c1-5-34(6-2)26(36)18-14-20-23(21(35)15-18)25(31-19-10-8-7-9-11-19)24(32-20)17-12-13-30-22(16-17)33-27(37)28(3,4)29/h7-13,16,18,31-32H,5-6,14-15H2,1-4H3,(H,30,33,37). The molecule has 1 unspecified atom stereocenters. The van der Waals surface area contributed by atoms with Crippen molar-refractivity contribution in [3.05, 3.63) is 59.9 Å². The van der Waals surface area contributed by atoms with Crippen molar-refractivity contribution >= 4 is 34.8 Å². The fraction of sp³-hybridized carbons (Fsp3) is 0.357. The number of para-hydroxylation sites is 1. The maximum Gasteiger partial charge on any atom is 0.262 e. The maximum absolute atomic E-state index is 14.1. The van der Waals surface area contributed by atoms with Gasteiger partial charge in [0, 0.05) is 49.1 Å². The lowest BCUT2D eigenvalue weighted by Crippen LogP contribution is -2.39. The van der Waals surface area contributed by atoms with E-state index in [-0.39, 0.29) is 23.9 Å². The van der Waals surface area contributed by atoms with Gasteiger partial charge in [-0.2, -0.15) is 0 Å². The maximum atomic E-state index is 14.1. The molecule has 1 aliphatic carbocycles. The van der Waals surface area contributed by atoms with Crippen molar-refractivity contribution in [2.24, 2.45) is 5.92 Å². The molecular weight excluding hydrogens is 473 g/mol. The number of nitrogens with one attached hydrogen (secondary N) is 3. The van der Waals surface area contributed by atoms with Crippen LogP contribution in [0.15, 0.2) is 48.7 Å². The number of benzene rings is 1. The Morgan fingerprint density at radius 1 is 1.14 bits per heavy atom. The van der Waals surface area contributed by atoms with Crippen molar-refractivity contribution in [2.75, 3.05) is 23.7 Å². The van der Waals surface area contributed by atoms with Crippen LogP contribution in [0, 0.1) is 5.92 Å². The minimum Gasteiger partial charge on any atom is -0.356 e. The van der Waals surface area contributed by atoms with Crippen LogP contribution in [0.25, 0.3) is 11.3 Å². The van der Waals surface area contributed by atoms with E-state index in [1.54, 1.807) is 17.0 Å². The highest BCUT2D eigenvalue weighted by atomic mass is 19.1. The Morgan fingerprint density at radius 3 is 2.49 bits per heavy atom. The second-order valence-electron chi connectivity index (χ2n) is 9.61. The van der Waals surface area contributed by atoms with E-state index >= 15 is 0 Å². The van der Waals surface area contributed by atoms with E-state index in [9.17, 15) is 18.8 Å². The molecule has 0 saturated heterocycles. The molecule has 3 N–H and O–H groups in total. The first-order valence-corrected chi connectivity index (χ1v) is 12.5. The van der Waals surface area contributed by atoms with Crippen LogP contribution in [0.5, 0.6) is 0 Å². The summed E-state index contributed by atoms with van der Waals surface area (Å²) in [5, 5.41) is 5.87. The molecule has 0 fully saturated rings. The zero-order valence-corrected chi connectivity index (χ0v) is 21.5. The summed E-state index contributed by atoms with van der Waals surface area (Å²) >= 11 is 0. The number of rotatable bonds is 8. The number of halogens is 1. The van der Waals surface area contributed by atoms with Gasteiger partial charge in [0.05, 0.1) is 22.9 Å². The van der Waals surface area contributed by atoms with Crippen molar-refractivity contribution in [1.29, 1.82) is 0 Å². The molecule has 0 radical (unpaired) electrons. The van der Waals surface area contributed by atoms with E-state index in [1.165, 1.54) is 20.0 Å². The van der Waals surface area contributed by atoms with Gasteiger partial charge in [-0.3, -0.25) is 14.4 Å². The van der Waals surface area contributed by atoms with Crippen LogP contribution in [-0.2, 0) is 16.0 Å². The number of carbonyl (C=O) groups excluding carboxylic acids is 3. The van der Waals surface area contributed by atoms with E-state index in [1.807, 2.05) is 44.2 Å². The van der Waals surface area contributed by atoms with Crippen molar-refractivity contribution in [1.82, 2.24) is 14.9 Å². The lowest BCUT2D eigenvalue weighted by Gasteiger charge is -2.27. The van der Waals surface area contributed by atoms with Gasteiger partial charge < -0.3 is 20.5 Å². The van der Waals surface area contributed by atoms with Gasteiger partial charge in [-0.25, -0.2) is 9.37 Å². The quantitative estimate of drug-likeness (QED) is 0.394. The summed E-state index contributed by atoms with van der Waals surface area (Å²) in [6.07, 6.45) is 2.05. The molecule has 8 nitrogen and oxygen atoms in total. The van der Waals surface area contributed by atoms with Gasteiger partial charge in [0.1, 0.15) is 5.82 Å². The van der Waals surface area contributed by atoms with Crippen LogP contribution in [0.2, 0.25) is 0 Å². The lowest BCUT2D eigenvalue weighted by atomic mass is 9.85. The molecule has 1 aromatic carbocycles. The minimum atomic E-state index is -2.07. The molecule has 0 saturated carbocycles. The summed E-state index contributed by atoms with van der Waals surface area (Å²) in [6.45, 7) is 7.38. The van der Waals surface area contributed by atoms with Crippen LogP contribution >= 0.6 is 0 Å². The molecule has 9 heteroatoms.